The SMILES string of the molecule is CC1C(NCCSC(F)(F)F)CCC(C(=O)O)C1(C)C. The summed E-state index contributed by atoms with van der Waals surface area (Å²) in [6.07, 6.45) is 1.26. The van der Waals surface area contributed by atoms with E-state index in [1.807, 2.05) is 20.8 Å². The minimum atomic E-state index is -4.19. The summed E-state index contributed by atoms with van der Waals surface area (Å²) in [5.41, 5.74) is -4.55. The quantitative estimate of drug-likeness (QED) is 0.764. The Morgan fingerprint density at radius 2 is 2.00 bits per heavy atom. The highest BCUT2D eigenvalue weighted by atomic mass is 32.2. The number of carboxylic acids is 1. The van der Waals surface area contributed by atoms with Crippen molar-refractivity contribution in [3.63, 3.8) is 0 Å². The Kier molecular flexibility index (Phi) is 5.78. The fourth-order valence-corrected chi connectivity index (χ4v) is 3.39. The first-order valence-corrected chi connectivity index (χ1v) is 7.71. The number of thioether (sulfide) groups is 1. The Morgan fingerprint density at radius 3 is 2.50 bits per heavy atom. The normalized spacial score (nSPS) is 30.2. The van der Waals surface area contributed by atoms with E-state index in [1.54, 1.807) is 0 Å². The molecular weight excluding hydrogens is 291 g/mol. The van der Waals surface area contributed by atoms with E-state index in [0.29, 0.717) is 12.8 Å². The minimum Gasteiger partial charge on any atom is -0.481 e. The molecule has 2 N–H and O–H groups in total. The van der Waals surface area contributed by atoms with Gasteiger partial charge in [0.25, 0.3) is 0 Å². The van der Waals surface area contributed by atoms with Gasteiger partial charge in [0.05, 0.1) is 5.92 Å². The van der Waals surface area contributed by atoms with Crippen molar-refractivity contribution >= 4 is 17.7 Å². The molecule has 1 rings (SSSR count). The van der Waals surface area contributed by atoms with Crippen molar-refractivity contribution in [2.24, 2.45) is 17.3 Å². The van der Waals surface area contributed by atoms with Gasteiger partial charge in [-0.25, -0.2) is 0 Å². The third-order valence-corrected chi connectivity index (χ3v) is 5.25. The fourth-order valence-electron chi connectivity index (χ4n) is 2.94. The van der Waals surface area contributed by atoms with Crippen LogP contribution in [-0.2, 0) is 4.79 Å². The van der Waals surface area contributed by atoms with Crippen LogP contribution in [0, 0.1) is 17.3 Å². The second-order valence-electron chi connectivity index (χ2n) is 5.93. The molecule has 0 aromatic carbocycles. The van der Waals surface area contributed by atoms with Crippen molar-refractivity contribution in [3.8, 4) is 0 Å². The topological polar surface area (TPSA) is 49.3 Å². The van der Waals surface area contributed by atoms with Crippen LogP contribution in [0.25, 0.3) is 0 Å². The summed E-state index contributed by atoms with van der Waals surface area (Å²) >= 11 is -0.0279. The summed E-state index contributed by atoms with van der Waals surface area (Å²) in [6, 6.07) is 0.0782. The van der Waals surface area contributed by atoms with Crippen molar-refractivity contribution in [2.45, 2.75) is 45.2 Å². The van der Waals surface area contributed by atoms with Gasteiger partial charge in [0.15, 0.2) is 0 Å². The van der Waals surface area contributed by atoms with Crippen LogP contribution in [0.5, 0.6) is 0 Å². The van der Waals surface area contributed by atoms with Crippen molar-refractivity contribution in [2.75, 3.05) is 12.3 Å². The highest BCUT2D eigenvalue weighted by molar-refractivity contribution is 8.00. The zero-order valence-electron chi connectivity index (χ0n) is 12.0. The zero-order chi connectivity index (χ0) is 15.6. The number of rotatable bonds is 5. The molecule has 3 nitrogen and oxygen atoms in total. The van der Waals surface area contributed by atoms with Crippen LogP contribution in [0.15, 0.2) is 0 Å². The van der Waals surface area contributed by atoms with Gasteiger partial charge in [0.2, 0.25) is 0 Å². The minimum absolute atomic E-state index is 0.0183. The molecule has 0 spiro atoms. The van der Waals surface area contributed by atoms with E-state index < -0.39 is 11.5 Å². The highest BCUT2D eigenvalue weighted by Crippen LogP contribution is 2.45. The summed E-state index contributed by atoms with van der Waals surface area (Å²) < 4.78 is 36.1. The molecule has 0 aromatic heterocycles. The predicted octanol–water partition coefficient (Wildman–Crippen LogP) is 3.35. The maximum atomic E-state index is 12.0. The van der Waals surface area contributed by atoms with Crippen molar-refractivity contribution in [3.05, 3.63) is 0 Å². The molecule has 0 saturated heterocycles. The number of carboxylic acid groups (broad SMARTS) is 1. The first-order chi connectivity index (χ1) is 9.05. The molecule has 0 amide bonds. The molecule has 1 saturated carbocycles. The molecule has 3 atom stereocenters. The van der Waals surface area contributed by atoms with Gasteiger partial charge in [-0.2, -0.15) is 13.2 Å². The molecule has 0 aliphatic heterocycles. The number of hydrogen-bond donors (Lipinski definition) is 2. The number of carbonyl (C=O) groups is 1. The third kappa shape index (κ3) is 4.55. The van der Waals surface area contributed by atoms with Crippen LogP contribution >= 0.6 is 11.8 Å². The lowest BCUT2D eigenvalue weighted by molar-refractivity contribution is -0.150. The largest absolute Gasteiger partial charge is 0.481 e. The molecule has 118 valence electrons. The third-order valence-electron chi connectivity index (χ3n) is 4.51. The first-order valence-electron chi connectivity index (χ1n) is 6.72. The van der Waals surface area contributed by atoms with E-state index in [0.717, 1.165) is 0 Å². The molecular formula is C13H22F3NO2S. The van der Waals surface area contributed by atoms with E-state index in [4.69, 9.17) is 0 Å². The average Bonchev–Trinajstić information content (AvgIpc) is 2.27. The van der Waals surface area contributed by atoms with Gasteiger partial charge in [-0.05, 0) is 35.9 Å². The van der Waals surface area contributed by atoms with Gasteiger partial charge in [-0.3, -0.25) is 4.79 Å². The molecule has 1 fully saturated rings. The van der Waals surface area contributed by atoms with E-state index in [9.17, 15) is 23.1 Å². The number of nitrogens with one attached hydrogen (secondary N) is 1. The van der Waals surface area contributed by atoms with Gasteiger partial charge in [-0.1, -0.05) is 20.8 Å². The summed E-state index contributed by atoms with van der Waals surface area (Å²) in [7, 11) is 0. The lowest BCUT2D eigenvalue weighted by atomic mass is 9.61. The Hall–Kier alpha value is -0.430. The monoisotopic (exact) mass is 313 g/mol. The van der Waals surface area contributed by atoms with Crippen LogP contribution in [0.1, 0.15) is 33.6 Å². The summed E-state index contributed by atoms with van der Waals surface area (Å²) in [5, 5.41) is 12.4. The van der Waals surface area contributed by atoms with E-state index in [1.165, 1.54) is 0 Å². The maximum Gasteiger partial charge on any atom is 0.441 e. The molecule has 0 bridgehead atoms. The summed E-state index contributed by atoms with van der Waals surface area (Å²) in [6.45, 7) is 6.11. The van der Waals surface area contributed by atoms with E-state index >= 15 is 0 Å². The van der Waals surface area contributed by atoms with E-state index in [-0.39, 0.29) is 47.4 Å². The standard InChI is InChI=1S/C13H22F3NO2S/c1-8-10(17-6-7-20-13(14,15)16)5-4-9(11(18)19)12(8,2)3/h8-10,17H,4-7H2,1-3H3,(H,18,19). The van der Waals surface area contributed by atoms with Crippen molar-refractivity contribution < 1.29 is 23.1 Å². The van der Waals surface area contributed by atoms with E-state index in [2.05, 4.69) is 5.32 Å². The summed E-state index contributed by atoms with van der Waals surface area (Å²) in [5.74, 6) is -1.09. The average molecular weight is 313 g/mol. The van der Waals surface area contributed by atoms with Gasteiger partial charge in [0.1, 0.15) is 0 Å². The van der Waals surface area contributed by atoms with Crippen LogP contribution in [-0.4, -0.2) is 34.9 Å². The first kappa shape index (κ1) is 17.6. The lowest BCUT2D eigenvalue weighted by Gasteiger charge is -2.46. The Morgan fingerprint density at radius 1 is 1.40 bits per heavy atom. The Bertz CT molecular complexity index is 347. The smallest absolute Gasteiger partial charge is 0.441 e. The number of aliphatic carboxylic acids is 1. The zero-order valence-corrected chi connectivity index (χ0v) is 12.8. The molecule has 0 heterocycles. The Balaban J connectivity index is 2.48. The van der Waals surface area contributed by atoms with Gasteiger partial charge in [0, 0.05) is 18.3 Å². The van der Waals surface area contributed by atoms with Crippen molar-refractivity contribution in [1.82, 2.24) is 5.32 Å². The van der Waals surface area contributed by atoms with Gasteiger partial charge in [-0.15, -0.1) is 0 Å². The predicted molar refractivity (Wildman–Crippen MR) is 73.6 cm³/mol. The number of hydrogen-bond acceptors (Lipinski definition) is 3. The molecule has 20 heavy (non-hydrogen) atoms. The van der Waals surface area contributed by atoms with Gasteiger partial charge < -0.3 is 10.4 Å². The van der Waals surface area contributed by atoms with Crippen molar-refractivity contribution in [1.29, 1.82) is 0 Å². The molecule has 7 heteroatoms. The van der Waals surface area contributed by atoms with Crippen LogP contribution in [0.3, 0.4) is 0 Å². The molecule has 0 aromatic rings. The second-order valence-corrected chi connectivity index (χ2v) is 7.09. The number of halogens is 3. The van der Waals surface area contributed by atoms with Crippen LogP contribution in [0.2, 0.25) is 0 Å². The Labute approximate surface area is 121 Å². The summed E-state index contributed by atoms with van der Waals surface area (Å²) in [4.78, 5) is 11.2. The fraction of sp³-hybridized carbons (Fsp3) is 0.923. The number of alkyl halides is 3. The molecule has 1 aliphatic carbocycles. The molecule has 3 unspecified atom stereocenters. The molecule has 1 aliphatic rings. The lowest BCUT2D eigenvalue weighted by Crippen LogP contribution is -2.51. The molecule has 0 radical (unpaired) electrons. The maximum absolute atomic E-state index is 12.0. The van der Waals surface area contributed by atoms with Gasteiger partial charge >= 0.3 is 11.5 Å². The second kappa shape index (κ2) is 6.56. The van der Waals surface area contributed by atoms with Crippen LogP contribution in [0.4, 0.5) is 13.2 Å². The highest BCUT2D eigenvalue weighted by Gasteiger charge is 2.46. The van der Waals surface area contributed by atoms with Crippen LogP contribution < -0.4 is 5.32 Å².